The standard InChI is InChI=1S/C51H36N4O/c1-29-30(2)51(3,4)45-32(29)26-27-38-44-36-21-9-8-20-35(36)41(54-39-23-13-10-18-33(39)34-19-11-14-24-40(34)54)28-42(44)55(48(38)45)50-52-46(31-16-6-5-7-17-31)49-47(53-50)37-22-12-15-25-43(37)56-49/h5-28H,1-4H3. The van der Waals surface area contributed by atoms with Crippen LogP contribution in [0.3, 0.4) is 0 Å². The Hall–Kier alpha value is -6.98. The summed E-state index contributed by atoms with van der Waals surface area (Å²) in [6.45, 7) is 9.29. The van der Waals surface area contributed by atoms with Gasteiger partial charge in [-0.25, -0.2) is 9.97 Å². The second-order valence-corrected chi connectivity index (χ2v) is 15.8. The molecule has 0 N–H and O–H groups in total. The number of benzene rings is 7. The van der Waals surface area contributed by atoms with E-state index in [1.54, 1.807) is 0 Å². The summed E-state index contributed by atoms with van der Waals surface area (Å²) >= 11 is 0. The molecule has 56 heavy (non-hydrogen) atoms. The Balaban J connectivity index is 1.32. The van der Waals surface area contributed by atoms with E-state index < -0.39 is 0 Å². The first-order valence-corrected chi connectivity index (χ1v) is 19.4. The smallest absolute Gasteiger partial charge is 0.236 e. The van der Waals surface area contributed by atoms with Crippen LogP contribution in [0.25, 0.3) is 105 Å². The molecule has 0 atom stereocenters. The average Bonchev–Trinajstić information content (AvgIpc) is 3.93. The van der Waals surface area contributed by atoms with Gasteiger partial charge >= 0.3 is 0 Å². The zero-order valence-electron chi connectivity index (χ0n) is 31.6. The van der Waals surface area contributed by atoms with Gasteiger partial charge in [0, 0.05) is 43.3 Å². The summed E-state index contributed by atoms with van der Waals surface area (Å²) in [6.07, 6.45) is 0. The van der Waals surface area contributed by atoms with Crippen molar-refractivity contribution in [3.63, 3.8) is 0 Å². The summed E-state index contributed by atoms with van der Waals surface area (Å²) in [4.78, 5) is 11.0. The highest BCUT2D eigenvalue weighted by molar-refractivity contribution is 6.25. The fourth-order valence-corrected chi connectivity index (χ4v) is 9.80. The van der Waals surface area contributed by atoms with E-state index in [1.807, 2.05) is 18.2 Å². The third-order valence-corrected chi connectivity index (χ3v) is 12.7. The summed E-state index contributed by atoms with van der Waals surface area (Å²) < 4.78 is 11.4. The first kappa shape index (κ1) is 31.4. The number of furan rings is 1. The summed E-state index contributed by atoms with van der Waals surface area (Å²) in [5, 5.41) is 8.22. The average molecular weight is 721 g/mol. The van der Waals surface area contributed by atoms with Crippen LogP contribution in [0.15, 0.2) is 156 Å². The molecule has 7 aromatic carbocycles. The summed E-state index contributed by atoms with van der Waals surface area (Å²) in [5.41, 5.74) is 14.8. The number of hydrogen-bond acceptors (Lipinski definition) is 3. The van der Waals surface area contributed by atoms with Gasteiger partial charge in [0.05, 0.1) is 27.8 Å². The molecule has 0 fully saturated rings. The van der Waals surface area contributed by atoms with E-state index in [9.17, 15) is 0 Å². The lowest BCUT2D eigenvalue weighted by Crippen LogP contribution is -2.17. The number of allylic oxidation sites excluding steroid dienone is 2. The Bertz CT molecular complexity index is 3470. The highest BCUT2D eigenvalue weighted by Crippen LogP contribution is 2.52. The van der Waals surface area contributed by atoms with Gasteiger partial charge in [0.25, 0.3) is 0 Å². The molecule has 1 aliphatic carbocycles. The minimum Gasteiger partial charge on any atom is -0.452 e. The predicted molar refractivity (Wildman–Crippen MR) is 232 cm³/mol. The number of nitrogens with zero attached hydrogens (tertiary/aromatic N) is 4. The normalized spacial score (nSPS) is 14.1. The number of fused-ring (bicyclic) bond motifs is 13. The SMILES string of the molecule is CC1=C(C)C(C)(C)c2c1ccc1c3c4ccccc4c(-n4c5ccccc5c5ccccc54)cc3n(-c3nc(-c4ccccc4)c4oc5ccccc5c4n3)c21. The maximum atomic E-state index is 6.58. The van der Waals surface area contributed by atoms with E-state index >= 15 is 0 Å². The minimum absolute atomic E-state index is 0.217. The molecule has 0 bridgehead atoms. The fraction of sp³-hybridized carbons (Fsp3) is 0.0980. The molecule has 12 rings (SSSR count). The predicted octanol–water partition coefficient (Wildman–Crippen LogP) is 13.5. The van der Waals surface area contributed by atoms with Gasteiger partial charge in [-0.15, -0.1) is 0 Å². The van der Waals surface area contributed by atoms with E-state index in [4.69, 9.17) is 14.4 Å². The van der Waals surface area contributed by atoms with Crippen molar-refractivity contribution in [3.05, 3.63) is 162 Å². The van der Waals surface area contributed by atoms with Gasteiger partial charge in [-0.2, -0.15) is 0 Å². The van der Waals surface area contributed by atoms with E-state index in [2.05, 4.69) is 164 Å². The van der Waals surface area contributed by atoms with Crippen molar-refractivity contribution in [1.82, 2.24) is 19.1 Å². The van der Waals surface area contributed by atoms with Gasteiger partial charge < -0.3 is 8.98 Å². The highest BCUT2D eigenvalue weighted by Gasteiger charge is 2.38. The van der Waals surface area contributed by atoms with Crippen LogP contribution in [0.5, 0.6) is 0 Å². The van der Waals surface area contributed by atoms with Gasteiger partial charge in [0.2, 0.25) is 5.95 Å². The number of aromatic nitrogens is 4. The molecule has 4 aromatic heterocycles. The Morgan fingerprint density at radius 3 is 1.91 bits per heavy atom. The highest BCUT2D eigenvalue weighted by atomic mass is 16.3. The van der Waals surface area contributed by atoms with Gasteiger partial charge in [-0.05, 0) is 66.3 Å². The monoisotopic (exact) mass is 720 g/mol. The zero-order chi connectivity index (χ0) is 37.4. The molecule has 0 saturated heterocycles. The van der Waals surface area contributed by atoms with Crippen LogP contribution in [-0.4, -0.2) is 19.1 Å². The van der Waals surface area contributed by atoms with Crippen molar-refractivity contribution in [2.24, 2.45) is 0 Å². The van der Waals surface area contributed by atoms with Crippen molar-refractivity contribution >= 4 is 82.0 Å². The molecule has 11 aromatic rings. The molecular formula is C51H36N4O. The number of para-hydroxylation sites is 3. The molecule has 0 amide bonds. The first-order chi connectivity index (χ1) is 27.4. The van der Waals surface area contributed by atoms with Gasteiger partial charge in [-0.3, -0.25) is 4.57 Å². The summed E-state index contributed by atoms with van der Waals surface area (Å²) in [6, 6.07) is 52.0. The quantitative estimate of drug-likeness (QED) is 0.183. The number of rotatable bonds is 3. The Kier molecular flexibility index (Phi) is 6.19. The fourth-order valence-electron chi connectivity index (χ4n) is 9.80. The molecule has 0 unspecified atom stereocenters. The molecule has 4 heterocycles. The Labute approximate surface area is 322 Å². The van der Waals surface area contributed by atoms with Crippen molar-refractivity contribution in [3.8, 4) is 22.9 Å². The van der Waals surface area contributed by atoms with Crippen molar-refractivity contribution in [2.75, 3.05) is 0 Å². The van der Waals surface area contributed by atoms with E-state index in [1.165, 1.54) is 65.6 Å². The van der Waals surface area contributed by atoms with Crippen LogP contribution in [0.2, 0.25) is 0 Å². The Morgan fingerprint density at radius 1 is 0.554 bits per heavy atom. The van der Waals surface area contributed by atoms with Crippen LogP contribution in [0, 0.1) is 0 Å². The van der Waals surface area contributed by atoms with E-state index in [0.717, 1.165) is 44.5 Å². The molecule has 0 aliphatic heterocycles. The topological polar surface area (TPSA) is 48.8 Å². The van der Waals surface area contributed by atoms with E-state index in [0.29, 0.717) is 11.5 Å². The lowest BCUT2D eigenvalue weighted by Gasteiger charge is -2.24. The first-order valence-electron chi connectivity index (χ1n) is 19.4. The van der Waals surface area contributed by atoms with Crippen LogP contribution >= 0.6 is 0 Å². The largest absolute Gasteiger partial charge is 0.452 e. The van der Waals surface area contributed by atoms with Gasteiger partial charge in [0.1, 0.15) is 16.8 Å². The second-order valence-electron chi connectivity index (χ2n) is 15.8. The Morgan fingerprint density at radius 2 is 1.18 bits per heavy atom. The molecule has 0 spiro atoms. The van der Waals surface area contributed by atoms with E-state index in [-0.39, 0.29) is 5.41 Å². The lowest BCUT2D eigenvalue weighted by atomic mass is 9.81. The maximum absolute atomic E-state index is 6.58. The maximum Gasteiger partial charge on any atom is 0.236 e. The molecule has 0 saturated carbocycles. The minimum atomic E-state index is -0.217. The third kappa shape index (κ3) is 3.99. The molecule has 0 radical (unpaired) electrons. The molecule has 5 nitrogen and oxygen atoms in total. The molecule has 266 valence electrons. The van der Waals surface area contributed by atoms with Crippen LogP contribution in [-0.2, 0) is 5.41 Å². The molecule has 5 heteroatoms. The third-order valence-electron chi connectivity index (χ3n) is 12.7. The van der Waals surface area contributed by atoms with Crippen LogP contribution < -0.4 is 0 Å². The van der Waals surface area contributed by atoms with Gasteiger partial charge in [0.15, 0.2) is 5.58 Å². The van der Waals surface area contributed by atoms with Crippen molar-refractivity contribution in [2.45, 2.75) is 33.1 Å². The van der Waals surface area contributed by atoms with Crippen molar-refractivity contribution < 1.29 is 4.42 Å². The second kappa shape index (κ2) is 11.0. The number of hydrogen-bond donors (Lipinski definition) is 0. The van der Waals surface area contributed by atoms with Gasteiger partial charge in [-0.1, -0.05) is 135 Å². The summed E-state index contributed by atoms with van der Waals surface area (Å²) in [5.74, 6) is 0.623. The molecular weight excluding hydrogens is 685 g/mol. The van der Waals surface area contributed by atoms with Crippen molar-refractivity contribution in [1.29, 1.82) is 0 Å². The summed E-state index contributed by atoms with van der Waals surface area (Å²) in [7, 11) is 0. The van der Waals surface area contributed by atoms with Crippen LogP contribution in [0.1, 0.15) is 38.8 Å². The lowest BCUT2D eigenvalue weighted by molar-refractivity contribution is 0.642. The van der Waals surface area contributed by atoms with Crippen LogP contribution in [0.4, 0.5) is 0 Å². The molecule has 1 aliphatic rings. The zero-order valence-corrected chi connectivity index (χ0v) is 31.6.